The Labute approximate surface area is 139 Å². The summed E-state index contributed by atoms with van der Waals surface area (Å²) < 4.78 is 6.85. The highest BCUT2D eigenvalue weighted by atomic mass is 16.5. The van der Waals surface area contributed by atoms with Crippen molar-refractivity contribution < 1.29 is 14.6 Å². The molecule has 6 nitrogen and oxygen atoms in total. The normalized spacial score (nSPS) is 11.0. The maximum atomic E-state index is 11.9. The van der Waals surface area contributed by atoms with Gasteiger partial charge in [-0.15, -0.1) is 0 Å². The fraction of sp³-hybridized carbons (Fsp3) is 0.111. The van der Waals surface area contributed by atoms with Crippen LogP contribution in [0.2, 0.25) is 0 Å². The van der Waals surface area contributed by atoms with Crippen LogP contribution in [0.25, 0.3) is 11.7 Å². The van der Waals surface area contributed by atoms with Crippen LogP contribution in [0, 0.1) is 0 Å². The number of nitrogens with one attached hydrogen (secondary N) is 1. The Morgan fingerprint density at radius 2 is 2.25 bits per heavy atom. The van der Waals surface area contributed by atoms with E-state index in [9.17, 15) is 9.90 Å². The molecule has 2 heterocycles. The molecular weight excluding hydrogens is 306 g/mol. The Morgan fingerprint density at radius 1 is 1.38 bits per heavy atom. The minimum absolute atomic E-state index is 0.105. The number of nitrogens with zero attached hydrogens (tertiary/aromatic N) is 2. The highest BCUT2D eigenvalue weighted by Crippen LogP contribution is 2.16. The van der Waals surface area contributed by atoms with Gasteiger partial charge in [0.05, 0.1) is 19.3 Å². The number of hydrogen-bond acceptors (Lipinski definition) is 4. The predicted molar refractivity (Wildman–Crippen MR) is 90.7 cm³/mol. The van der Waals surface area contributed by atoms with Crippen molar-refractivity contribution >= 4 is 17.6 Å². The van der Waals surface area contributed by atoms with Crippen LogP contribution in [0.1, 0.15) is 11.3 Å². The standard InChI is InChI=1S/C18H17N3O3/c1-24-15-5-2-4-13(10-15)7-8-17(23)19-11-14-12-21-9-3-6-16(22)18(21)20-14/h2-10,12,22H,11H2,1H3,(H,19,23)/b8-7+. The van der Waals surface area contributed by atoms with E-state index in [-0.39, 0.29) is 18.2 Å². The minimum Gasteiger partial charge on any atom is -0.504 e. The summed E-state index contributed by atoms with van der Waals surface area (Å²) in [5, 5.41) is 12.5. The van der Waals surface area contributed by atoms with Crippen LogP contribution in [0.15, 0.2) is 54.9 Å². The number of rotatable bonds is 5. The quantitative estimate of drug-likeness (QED) is 0.707. The number of aromatic hydroxyl groups is 1. The fourth-order valence-electron chi connectivity index (χ4n) is 2.29. The number of aromatic nitrogens is 2. The third-order valence-electron chi connectivity index (χ3n) is 3.48. The number of benzene rings is 1. The van der Waals surface area contributed by atoms with E-state index >= 15 is 0 Å². The van der Waals surface area contributed by atoms with Gasteiger partial charge < -0.3 is 19.6 Å². The van der Waals surface area contributed by atoms with Crippen LogP contribution in [0.5, 0.6) is 11.5 Å². The topological polar surface area (TPSA) is 75.9 Å². The van der Waals surface area contributed by atoms with Crippen molar-refractivity contribution in [1.29, 1.82) is 0 Å². The molecule has 0 spiro atoms. The molecule has 0 aliphatic rings. The Kier molecular flexibility index (Phi) is 4.47. The molecule has 0 saturated carbocycles. The zero-order valence-corrected chi connectivity index (χ0v) is 13.1. The Balaban J connectivity index is 1.62. The number of fused-ring (bicyclic) bond motifs is 1. The molecule has 0 radical (unpaired) electrons. The number of methoxy groups -OCH3 is 1. The molecule has 2 aromatic heterocycles. The number of carbonyl (C=O) groups excluding carboxylic acids is 1. The van der Waals surface area contributed by atoms with E-state index in [0.717, 1.165) is 11.3 Å². The van der Waals surface area contributed by atoms with Gasteiger partial charge in [0.2, 0.25) is 5.91 Å². The second-order valence-corrected chi connectivity index (χ2v) is 5.18. The minimum atomic E-state index is -0.223. The molecule has 24 heavy (non-hydrogen) atoms. The maximum absolute atomic E-state index is 11.9. The molecular formula is C18H17N3O3. The van der Waals surface area contributed by atoms with Crippen molar-refractivity contribution in [3.05, 3.63) is 66.1 Å². The average molecular weight is 323 g/mol. The second-order valence-electron chi connectivity index (χ2n) is 5.18. The van der Waals surface area contributed by atoms with Crippen molar-refractivity contribution in [2.75, 3.05) is 7.11 Å². The first-order valence-electron chi connectivity index (χ1n) is 7.41. The van der Waals surface area contributed by atoms with Gasteiger partial charge in [-0.2, -0.15) is 0 Å². The smallest absolute Gasteiger partial charge is 0.244 e. The summed E-state index contributed by atoms with van der Waals surface area (Å²) in [6.45, 7) is 0.280. The Hall–Kier alpha value is -3.28. The van der Waals surface area contributed by atoms with E-state index in [1.807, 2.05) is 24.3 Å². The maximum Gasteiger partial charge on any atom is 0.244 e. The van der Waals surface area contributed by atoms with Gasteiger partial charge >= 0.3 is 0 Å². The molecule has 6 heteroatoms. The molecule has 0 saturated heterocycles. The van der Waals surface area contributed by atoms with E-state index in [2.05, 4.69) is 10.3 Å². The molecule has 122 valence electrons. The van der Waals surface area contributed by atoms with Gasteiger partial charge in [-0.05, 0) is 35.9 Å². The lowest BCUT2D eigenvalue weighted by Crippen LogP contribution is -2.20. The molecule has 0 aliphatic carbocycles. The van der Waals surface area contributed by atoms with Gasteiger partial charge in [0.15, 0.2) is 11.4 Å². The first-order chi connectivity index (χ1) is 11.7. The number of hydrogen-bond donors (Lipinski definition) is 2. The van der Waals surface area contributed by atoms with Crippen molar-refractivity contribution in [2.24, 2.45) is 0 Å². The lowest BCUT2D eigenvalue weighted by molar-refractivity contribution is -0.116. The molecule has 0 unspecified atom stereocenters. The van der Waals surface area contributed by atoms with Crippen molar-refractivity contribution in [2.45, 2.75) is 6.54 Å². The van der Waals surface area contributed by atoms with E-state index in [1.54, 1.807) is 42.1 Å². The summed E-state index contributed by atoms with van der Waals surface area (Å²) >= 11 is 0. The molecule has 3 rings (SSSR count). The van der Waals surface area contributed by atoms with Crippen LogP contribution in [0.3, 0.4) is 0 Å². The molecule has 0 bridgehead atoms. The van der Waals surface area contributed by atoms with E-state index in [0.29, 0.717) is 11.3 Å². The van der Waals surface area contributed by atoms with Gasteiger partial charge in [-0.25, -0.2) is 4.98 Å². The number of pyridine rings is 1. The van der Waals surface area contributed by atoms with Gasteiger partial charge in [0, 0.05) is 18.5 Å². The predicted octanol–water partition coefficient (Wildman–Crippen LogP) is 2.38. The molecule has 0 aliphatic heterocycles. The lowest BCUT2D eigenvalue weighted by atomic mass is 10.2. The third-order valence-corrected chi connectivity index (χ3v) is 3.48. The van der Waals surface area contributed by atoms with E-state index in [1.165, 1.54) is 6.08 Å². The van der Waals surface area contributed by atoms with Crippen molar-refractivity contribution in [1.82, 2.24) is 14.7 Å². The van der Waals surface area contributed by atoms with Crippen LogP contribution >= 0.6 is 0 Å². The number of carbonyl (C=O) groups is 1. The lowest BCUT2D eigenvalue weighted by Gasteiger charge is -2.00. The summed E-state index contributed by atoms with van der Waals surface area (Å²) in [4.78, 5) is 16.2. The molecule has 1 aromatic carbocycles. The van der Waals surface area contributed by atoms with Gasteiger partial charge in [-0.3, -0.25) is 4.79 Å². The summed E-state index contributed by atoms with van der Waals surface area (Å²) in [6, 6.07) is 10.7. The SMILES string of the molecule is COc1cccc(/C=C/C(=O)NCc2cn3cccc(O)c3n2)c1. The molecule has 2 N–H and O–H groups in total. The Morgan fingerprint density at radius 3 is 3.04 bits per heavy atom. The summed E-state index contributed by atoms with van der Waals surface area (Å²) in [5.41, 5.74) is 2.01. The van der Waals surface area contributed by atoms with Crippen LogP contribution < -0.4 is 10.1 Å². The second kappa shape index (κ2) is 6.87. The van der Waals surface area contributed by atoms with Crippen LogP contribution in [-0.4, -0.2) is 27.5 Å². The molecule has 0 atom stereocenters. The number of ether oxygens (including phenoxy) is 1. The molecule has 1 amide bonds. The molecule has 3 aromatic rings. The van der Waals surface area contributed by atoms with Crippen LogP contribution in [0.4, 0.5) is 0 Å². The number of amides is 1. The average Bonchev–Trinajstić information content (AvgIpc) is 3.03. The van der Waals surface area contributed by atoms with E-state index in [4.69, 9.17) is 4.74 Å². The largest absolute Gasteiger partial charge is 0.504 e. The zero-order chi connectivity index (χ0) is 16.9. The summed E-state index contributed by atoms with van der Waals surface area (Å²) in [6.07, 6.45) is 6.73. The summed E-state index contributed by atoms with van der Waals surface area (Å²) in [5.74, 6) is 0.620. The highest BCUT2D eigenvalue weighted by molar-refractivity contribution is 5.91. The van der Waals surface area contributed by atoms with Crippen molar-refractivity contribution in [3.8, 4) is 11.5 Å². The van der Waals surface area contributed by atoms with Crippen molar-refractivity contribution in [3.63, 3.8) is 0 Å². The van der Waals surface area contributed by atoms with Gasteiger partial charge in [0.25, 0.3) is 0 Å². The van der Waals surface area contributed by atoms with Crippen LogP contribution in [-0.2, 0) is 11.3 Å². The fourth-order valence-corrected chi connectivity index (χ4v) is 2.29. The van der Waals surface area contributed by atoms with Gasteiger partial charge in [0.1, 0.15) is 5.75 Å². The zero-order valence-electron chi connectivity index (χ0n) is 13.1. The first kappa shape index (κ1) is 15.6. The molecule has 0 fully saturated rings. The Bertz CT molecular complexity index is 899. The first-order valence-corrected chi connectivity index (χ1v) is 7.41. The van der Waals surface area contributed by atoms with E-state index < -0.39 is 0 Å². The third kappa shape index (κ3) is 3.55. The number of imidazole rings is 1. The monoisotopic (exact) mass is 323 g/mol. The highest BCUT2D eigenvalue weighted by Gasteiger charge is 2.05. The summed E-state index contributed by atoms with van der Waals surface area (Å²) in [7, 11) is 1.60. The van der Waals surface area contributed by atoms with Gasteiger partial charge in [-0.1, -0.05) is 12.1 Å².